The molecule has 0 atom stereocenters. The summed E-state index contributed by atoms with van der Waals surface area (Å²) in [7, 11) is -1.21. The van der Waals surface area contributed by atoms with Gasteiger partial charge in [-0.2, -0.15) is 0 Å². The van der Waals surface area contributed by atoms with E-state index in [2.05, 4.69) is 10.3 Å². The molecule has 7 nitrogen and oxygen atoms in total. The number of hydrogen-bond acceptors (Lipinski definition) is 4. The lowest BCUT2D eigenvalue weighted by atomic mass is 10.1. The van der Waals surface area contributed by atoms with Crippen molar-refractivity contribution >= 4 is 21.5 Å². The highest BCUT2D eigenvalue weighted by molar-refractivity contribution is 7.91. The number of nitrogens with one attached hydrogen (secondary N) is 1. The van der Waals surface area contributed by atoms with Gasteiger partial charge in [-0.15, -0.1) is 0 Å². The standard InChI is InChI=1S/C16H22N4O3S/c1-12-3-4-15-18-13(11-20(15)10-12)9-17-16(21)19(2)14-5-7-24(22,23)8-6-14/h3-4,10-11,14H,5-9H2,1-2H3,(H,17,21). The van der Waals surface area contributed by atoms with Crippen molar-refractivity contribution in [3.05, 3.63) is 35.8 Å². The highest BCUT2D eigenvalue weighted by Crippen LogP contribution is 2.17. The number of urea groups is 1. The first-order chi connectivity index (χ1) is 11.3. The number of sulfone groups is 1. The monoisotopic (exact) mass is 350 g/mol. The Labute approximate surface area is 141 Å². The number of carbonyl (C=O) groups excluding carboxylic acids is 1. The predicted octanol–water partition coefficient (Wildman–Crippen LogP) is 1.36. The number of fused-ring (bicyclic) bond motifs is 1. The van der Waals surface area contributed by atoms with Crippen molar-refractivity contribution in [3.63, 3.8) is 0 Å². The minimum atomic E-state index is -2.92. The summed E-state index contributed by atoms with van der Waals surface area (Å²) in [6.45, 7) is 2.36. The molecule has 130 valence electrons. The lowest BCUT2D eigenvalue weighted by Crippen LogP contribution is -2.46. The second kappa shape index (κ2) is 6.43. The minimum Gasteiger partial charge on any atom is -0.332 e. The maximum Gasteiger partial charge on any atom is 0.317 e. The second-order valence-corrected chi connectivity index (χ2v) is 8.66. The van der Waals surface area contributed by atoms with Crippen LogP contribution in [0.4, 0.5) is 4.79 Å². The summed E-state index contributed by atoms with van der Waals surface area (Å²) in [6.07, 6.45) is 4.89. The Balaban J connectivity index is 1.58. The molecule has 0 aromatic carbocycles. The molecule has 3 heterocycles. The quantitative estimate of drug-likeness (QED) is 0.906. The molecule has 1 aliphatic heterocycles. The minimum absolute atomic E-state index is 0.0303. The van der Waals surface area contributed by atoms with Gasteiger partial charge in [0.05, 0.1) is 23.7 Å². The van der Waals surface area contributed by atoms with Crippen LogP contribution in [-0.4, -0.2) is 53.3 Å². The summed E-state index contributed by atoms with van der Waals surface area (Å²) in [5, 5.41) is 2.85. The highest BCUT2D eigenvalue weighted by Gasteiger charge is 2.28. The van der Waals surface area contributed by atoms with Crippen LogP contribution in [0.1, 0.15) is 24.1 Å². The van der Waals surface area contributed by atoms with Crippen LogP contribution < -0.4 is 5.32 Å². The van der Waals surface area contributed by atoms with Crippen molar-refractivity contribution < 1.29 is 13.2 Å². The lowest BCUT2D eigenvalue weighted by molar-refractivity contribution is 0.185. The molecule has 1 N–H and O–H groups in total. The van der Waals surface area contributed by atoms with Gasteiger partial charge < -0.3 is 14.6 Å². The first-order valence-corrected chi connectivity index (χ1v) is 9.81. The number of imidazole rings is 1. The van der Waals surface area contributed by atoms with Gasteiger partial charge in [-0.3, -0.25) is 0 Å². The molecule has 2 aromatic rings. The zero-order valence-electron chi connectivity index (χ0n) is 13.9. The molecule has 1 fully saturated rings. The molecule has 0 bridgehead atoms. The first kappa shape index (κ1) is 16.8. The maximum absolute atomic E-state index is 12.3. The van der Waals surface area contributed by atoms with Crippen molar-refractivity contribution in [2.24, 2.45) is 0 Å². The molecule has 1 saturated heterocycles. The number of amides is 2. The van der Waals surface area contributed by atoms with Gasteiger partial charge in [-0.1, -0.05) is 6.07 Å². The molecule has 2 amide bonds. The van der Waals surface area contributed by atoms with E-state index >= 15 is 0 Å². The van der Waals surface area contributed by atoms with Gasteiger partial charge in [0, 0.05) is 25.5 Å². The molecular formula is C16H22N4O3S. The van der Waals surface area contributed by atoms with E-state index in [1.807, 2.05) is 35.9 Å². The third-order valence-corrected chi connectivity index (χ3v) is 6.18. The fourth-order valence-electron chi connectivity index (χ4n) is 2.96. The van der Waals surface area contributed by atoms with Gasteiger partial charge in [0.2, 0.25) is 0 Å². The number of pyridine rings is 1. The van der Waals surface area contributed by atoms with Crippen molar-refractivity contribution in [1.29, 1.82) is 0 Å². The topological polar surface area (TPSA) is 83.8 Å². The maximum atomic E-state index is 12.3. The largest absolute Gasteiger partial charge is 0.332 e. The molecule has 1 aliphatic rings. The molecule has 3 rings (SSSR count). The van der Waals surface area contributed by atoms with Crippen molar-refractivity contribution in [2.75, 3.05) is 18.6 Å². The smallest absolute Gasteiger partial charge is 0.317 e. The Morgan fingerprint density at radius 1 is 1.33 bits per heavy atom. The lowest BCUT2D eigenvalue weighted by Gasteiger charge is -2.31. The van der Waals surface area contributed by atoms with Crippen molar-refractivity contribution in [3.8, 4) is 0 Å². The molecule has 24 heavy (non-hydrogen) atoms. The molecule has 2 aromatic heterocycles. The van der Waals surface area contributed by atoms with Crippen LogP contribution in [0.2, 0.25) is 0 Å². The van der Waals surface area contributed by atoms with E-state index in [0.717, 1.165) is 16.9 Å². The molecular weight excluding hydrogens is 328 g/mol. The fraction of sp³-hybridized carbons (Fsp3) is 0.500. The average molecular weight is 350 g/mol. The summed E-state index contributed by atoms with van der Waals surface area (Å²) in [6, 6.07) is 3.70. The van der Waals surface area contributed by atoms with Crippen LogP contribution in [0, 0.1) is 6.92 Å². The molecule has 0 aliphatic carbocycles. The van der Waals surface area contributed by atoms with Crippen LogP contribution >= 0.6 is 0 Å². The van der Waals surface area contributed by atoms with Crippen LogP contribution in [0.3, 0.4) is 0 Å². The number of aromatic nitrogens is 2. The zero-order valence-corrected chi connectivity index (χ0v) is 14.7. The van der Waals surface area contributed by atoms with E-state index < -0.39 is 9.84 Å². The summed E-state index contributed by atoms with van der Waals surface area (Å²) in [5.74, 6) is 0.308. The van der Waals surface area contributed by atoms with E-state index in [4.69, 9.17) is 0 Å². The third kappa shape index (κ3) is 3.69. The zero-order chi connectivity index (χ0) is 17.3. The number of nitrogens with zero attached hydrogens (tertiary/aromatic N) is 3. The molecule has 0 radical (unpaired) electrons. The third-order valence-electron chi connectivity index (χ3n) is 4.46. The first-order valence-electron chi connectivity index (χ1n) is 7.99. The fourth-order valence-corrected chi connectivity index (χ4v) is 4.43. The summed E-state index contributed by atoms with van der Waals surface area (Å²) in [5.41, 5.74) is 2.77. The number of carbonyl (C=O) groups is 1. The van der Waals surface area contributed by atoms with E-state index in [0.29, 0.717) is 19.4 Å². The van der Waals surface area contributed by atoms with Gasteiger partial charge >= 0.3 is 6.03 Å². The number of hydrogen-bond donors (Lipinski definition) is 1. The van der Waals surface area contributed by atoms with Crippen LogP contribution in [0.25, 0.3) is 5.65 Å². The van der Waals surface area contributed by atoms with Gasteiger partial charge in [0.25, 0.3) is 0 Å². The average Bonchev–Trinajstić information content (AvgIpc) is 2.94. The Hall–Kier alpha value is -2.09. The molecule has 0 spiro atoms. The molecule has 8 heteroatoms. The van der Waals surface area contributed by atoms with Crippen molar-refractivity contribution in [1.82, 2.24) is 19.6 Å². The summed E-state index contributed by atoms with van der Waals surface area (Å²) < 4.78 is 24.9. The number of aryl methyl sites for hydroxylation is 1. The van der Waals surface area contributed by atoms with Gasteiger partial charge in [-0.05, 0) is 31.4 Å². The Bertz CT molecular complexity index is 845. The predicted molar refractivity (Wildman–Crippen MR) is 91.6 cm³/mol. The SMILES string of the molecule is Cc1ccc2nc(CNC(=O)N(C)C3CCS(=O)(=O)CC3)cn2c1. The number of rotatable bonds is 3. The van der Waals surface area contributed by atoms with Crippen LogP contribution in [0.5, 0.6) is 0 Å². The highest BCUT2D eigenvalue weighted by atomic mass is 32.2. The van der Waals surface area contributed by atoms with Crippen LogP contribution in [-0.2, 0) is 16.4 Å². The second-order valence-electron chi connectivity index (χ2n) is 6.36. The van der Waals surface area contributed by atoms with Crippen molar-refractivity contribution in [2.45, 2.75) is 32.4 Å². The Morgan fingerprint density at radius 3 is 2.75 bits per heavy atom. The normalized spacial score (nSPS) is 17.8. The van der Waals surface area contributed by atoms with Gasteiger partial charge in [0.15, 0.2) is 0 Å². The van der Waals surface area contributed by atoms with E-state index in [1.54, 1.807) is 11.9 Å². The van der Waals surface area contributed by atoms with Gasteiger partial charge in [-0.25, -0.2) is 18.2 Å². The van der Waals surface area contributed by atoms with E-state index in [1.165, 1.54) is 0 Å². The Kier molecular flexibility index (Phi) is 4.49. The summed E-state index contributed by atoms with van der Waals surface area (Å²) >= 11 is 0. The Morgan fingerprint density at radius 2 is 2.04 bits per heavy atom. The molecule has 0 saturated carbocycles. The summed E-state index contributed by atoms with van der Waals surface area (Å²) in [4.78, 5) is 18.3. The van der Waals surface area contributed by atoms with Crippen LogP contribution in [0.15, 0.2) is 24.5 Å². The molecule has 0 unspecified atom stereocenters. The van der Waals surface area contributed by atoms with E-state index in [-0.39, 0.29) is 23.6 Å². The van der Waals surface area contributed by atoms with Gasteiger partial charge in [0.1, 0.15) is 15.5 Å². The van der Waals surface area contributed by atoms with E-state index in [9.17, 15) is 13.2 Å².